The molecule has 0 aliphatic rings. The van der Waals surface area contributed by atoms with E-state index in [9.17, 15) is 18.0 Å². The Bertz CT molecular complexity index is 410. The molecule has 5 nitrogen and oxygen atoms in total. The second-order valence-corrected chi connectivity index (χ2v) is 3.39. The van der Waals surface area contributed by atoms with E-state index in [1.54, 1.807) is 0 Å². The zero-order chi connectivity index (χ0) is 13.6. The Balaban J connectivity index is 2.28. The van der Waals surface area contributed by atoms with Crippen molar-refractivity contribution in [1.29, 1.82) is 0 Å². The zero-order valence-corrected chi connectivity index (χ0v) is 9.33. The monoisotopic (exact) mass is 263 g/mol. The van der Waals surface area contributed by atoms with Crippen molar-refractivity contribution in [2.45, 2.75) is 6.18 Å². The van der Waals surface area contributed by atoms with Crippen LogP contribution in [0.25, 0.3) is 0 Å². The Morgan fingerprint density at radius 3 is 2.83 bits per heavy atom. The SMILES string of the molecule is Nc1ccncc1C(=O)NCCOCC(F)(F)F. The first-order valence-corrected chi connectivity index (χ1v) is 5.02. The van der Waals surface area contributed by atoms with Crippen LogP contribution in [0.5, 0.6) is 0 Å². The van der Waals surface area contributed by atoms with Crippen molar-refractivity contribution < 1.29 is 22.7 Å². The first-order valence-electron chi connectivity index (χ1n) is 5.02. The number of rotatable bonds is 5. The number of nitrogens with zero attached hydrogens (tertiary/aromatic N) is 1. The molecule has 1 aromatic heterocycles. The van der Waals surface area contributed by atoms with Crippen molar-refractivity contribution in [2.24, 2.45) is 0 Å². The van der Waals surface area contributed by atoms with E-state index in [-0.39, 0.29) is 24.4 Å². The molecule has 1 rings (SSSR count). The summed E-state index contributed by atoms with van der Waals surface area (Å²) in [4.78, 5) is 15.2. The second-order valence-electron chi connectivity index (χ2n) is 3.39. The number of hydrogen-bond acceptors (Lipinski definition) is 4. The molecular weight excluding hydrogens is 251 g/mol. The quantitative estimate of drug-likeness (QED) is 0.776. The van der Waals surface area contributed by atoms with Crippen molar-refractivity contribution in [3.8, 4) is 0 Å². The third kappa shape index (κ3) is 5.00. The van der Waals surface area contributed by atoms with Crippen LogP contribution in [0.15, 0.2) is 18.5 Å². The van der Waals surface area contributed by atoms with Gasteiger partial charge in [0.1, 0.15) is 6.61 Å². The van der Waals surface area contributed by atoms with E-state index in [1.807, 2.05) is 0 Å². The van der Waals surface area contributed by atoms with Gasteiger partial charge in [-0.15, -0.1) is 0 Å². The van der Waals surface area contributed by atoms with Crippen LogP contribution >= 0.6 is 0 Å². The molecule has 0 bridgehead atoms. The summed E-state index contributed by atoms with van der Waals surface area (Å²) in [5.74, 6) is -0.504. The number of nitrogen functional groups attached to an aromatic ring is 1. The Labute approximate surface area is 101 Å². The molecule has 0 spiro atoms. The molecule has 0 fully saturated rings. The van der Waals surface area contributed by atoms with Crippen LogP contribution in [0.2, 0.25) is 0 Å². The highest BCUT2D eigenvalue weighted by Crippen LogP contribution is 2.14. The summed E-state index contributed by atoms with van der Waals surface area (Å²) in [7, 11) is 0. The van der Waals surface area contributed by atoms with Crippen LogP contribution in [-0.2, 0) is 4.74 Å². The van der Waals surface area contributed by atoms with Crippen LogP contribution in [-0.4, -0.2) is 36.8 Å². The third-order valence-corrected chi connectivity index (χ3v) is 1.90. The van der Waals surface area contributed by atoms with Gasteiger partial charge in [-0.05, 0) is 6.07 Å². The van der Waals surface area contributed by atoms with Crippen LogP contribution < -0.4 is 11.1 Å². The van der Waals surface area contributed by atoms with E-state index >= 15 is 0 Å². The number of carbonyl (C=O) groups is 1. The standard InChI is InChI=1S/C10H12F3N3O2/c11-10(12,13)6-18-4-3-16-9(17)7-5-15-2-1-8(7)14/h1-2,5H,3-4,6H2,(H2,14,15)(H,16,17). The number of anilines is 1. The number of ether oxygens (including phenoxy) is 1. The minimum absolute atomic E-state index is 0.0384. The highest BCUT2D eigenvalue weighted by molar-refractivity contribution is 5.98. The van der Waals surface area contributed by atoms with Gasteiger partial charge >= 0.3 is 6.18 Å². The number of nitrogens with one attached hydrogen (secondary N) is 1. The molecule has 18 heavy (non-hydrogen) atoms. The summed E-state index contributed by atoms with van der Waals surface area (Å²) in [6.07, 6.45) is -1.66. The normalized spacial score (nSPS) is 11.3. The second kappa shape index (κ2) is 6.20. The lowest BCUT2D eigenvalue weighted by molar-refractivity contribution is -0.173. The van der Waals surface area contributed by atoms with Gasteiger partial charge in [0.25, 0.3) is 5.91 Å². The average Bonchev–Trinajstić information content (AvgIpc) is 2.27. The zero-order valence-electron chi connectivity index (χ0n) is 9.33. The van der Waals surface area contributed by atoms with Gasteiger partial charge in [0.2, 0.25) is 0 Å². The fraction of sp³-hybridized carbons (Fsp3) is 0.400. The lowest BCUT2D eigenvalue weighted by Gasteiger charge is -2.09. The summed E-state index contributed by atoms with van der Waals surface area (Å²) >= 11 is 0. The lowest BCUT2D eigenvalue weighted by Crippen LogP contribution is -2.29. The number of halogens is 3. The van der Waals surface area contributed by atoms with Crippen molar-refractivity contribution in [3.63, 3.8) is 0 Å². The number of hydrogen-bond donors (Lipinski definition) is 2. The van der Waals surface area contributed by atoms with Gasteiger partial charge in [0, 0.05) is 24.6 Å². The summed E-state index contributed by atoms with van der Waals surface area (Å²) in [5.41, 5.74) is 5.95. The predicted molar refractivity (Wildman–Crippen MR) is 57.9 cm³/mol. The van der Waals surface area contributed by atoms with Crippen molar-refractivity contribution in [1.82, 2.24) is 10.3 Å². The van der Waals surface area contributed by atoms with Crippen molar-refractivity contribution in [2.75, 3.05) is 25.5 Å². The van der Waals surface area contributed by atoms with E-state index in [0.717, 1.165) is 0 Å². The highest BCUT2D eigenvalue weighted by Gasteiger charge is 2.27. The molecule has 3 N–H and O–H groups in total. The van der Waals surface area contributed by atoms with Crippen molar-refractivity contribution in [3.05, 3.63) is 24.0 Å². The van der Waals surface area contributed by atoms with Crippen LogP contribution in [0.1, 0.15) is 10.4 Å². The van der Waals surface area contributed by atoms with Gasteiger partial charge in [-0.3, -0.25) is 9.78 Å². The first kappa shape index (κ1) is 14.2. The molecule has 0 aromatic carbocycles. The van der Waals surface area contributed by atoms with Gasteiger partial charge in [-0.2, -0.15) is 13.2 Å². The van der Waals surface area contributed by atoms with Crippen LogP contribution in [0.3, 0.4) is 0 Å². The number of amides is 1. The molecule has 0 atom stereocenters. The Morgan fingerprint density at radius 2 is 2.22 bits per heavy atom. The minimum atomic E-state index is -4.36. The molecule has 1 heterocycles. The van der Waals surface area contributed by atoms with E-state index in [0.29, 0.717) is 0 Å². The largest absolute Gasteiger partial charge is 0.411 e. The molecular formula is C10H12F3N3O2. The number of carbonyl (C=O) groups excluding carboxylic acids is 1. The molecule has 0 aliphatic carbocycles. The molecule has 0 radical (unpaired) electrons. The van der Waals surface area contributed by atoms with Crippen LogP contribution in [0, 0.1) is 0 Å². The van der Waals surface area contributed by atoms with Gasteiger partial charge in [-0.25, -0.2) is 0 Å². The summed E-state index contributed by atoms with van der Waals surface area (Å²) in [6, 6.07) is 1.45. The molecule has 0 saturated heterocycles. The van der Waals surface area contributed by atoms with Gasteiger partial charge in [0.05, 0.1) is 12.2 Å². The van der Waals surface area contributed by atoms with Crippen LogP contribution in [0.4, 0.5) is 18.9 Å². The number of nitrogens with two attached hydrogens (primary N) is 1. The number of aromatic nitrogens is 1. The van der Waals surface area contributed by atoms with E-state index in [4.69, 9.17) is 5.73 Å². The predicted octanol–water partition coefficient (Wildman–Crippen LogP) is 0.972. The molecule has 1 amide bonds. The van der Waals surface area contributed by atoms with E-state index in [2.05, 4.69) is 15.0 Å². The van der Waals surface area contributed by atoms with E-state index in [1.165, 1.54) is 18.5 Å². The highest BCUT2D eigenvalue weighted by atomic mass is 19.4. The maximum Gasteiger partial charge on any atom is 0.411 e. The fourth-order valence-corrected chi connectivity index (χ4v) is 1.11. The molecule has 100 valence electrons. The van der Waals surface area contributed by atoms with Gasteiger partial charge in [-0.1, -0.05) is 0 Å². The molecule has 1 aromatic rings. The van der Waals surface area contributed by atoms with Crippen molar-refractivity contribution >= 4 is 11.6 Å². The Morgan fingerprint density at radius 1 is 1.50 bits per heavy atom. The molecule has 0 aliphatic heterocycles. The number of alkyl halides is 3. The summed E-state index contributed by atoms with van der Waals surface area (Å²) < 4.78 is 39.5. The topological polar surface area (TPSA) is 77.2 Å². The van der Waals surface area contributed by atoms with Gasteiger partial charge in [0.15, 0.2) is 0 Å². The Hall–Kier alpha value is -1.83. The smallest absolute Gasteiger partial charge is 0.398 e. The average molecular weight is 263 g/mol. The number of pyridine rings is 1. The third-order valence-electron chi connectivity index (χ3n) is 1.90. The minimum Gasteiger partial charge on any atom is -0.398 e. The maximum atomic E-state index is 11.7. The first-order chi connectivity index (χ1) is 8.40. The van der Waals surface area contributed by atoms with Gasteiger partial charge < -0.3 is 15.8 Å². The summed E-state index contributed by atoms with van der Waals surface area (Å²) in [5, 5.41) is 2.37. The fourth-order valence-electron chi connectivity index (χ4n) is 1.11. The Kier molecular flexibility index (Phi) is 4.90. The maximum absolute atomic E-state index is 11.7. The van der Waals surface area contributed by atoms with E-state index < -0.39 is 18.7 Å². The molecule has 8 heteroatoms. The molecule has 0 unspecified atom stereocenters. The lowest BCUT2D eigenvalue weighted by atomic mass is 10.2. The molecule has 0 saturated carbocycles. The summed E-state index contributed by atoms with van der Waals surface area (Å²) in [6.45, 7) is -1.60.